The van der Waals surface area contributed by atoms with E-state index in [1.807, 2.05) is 13.2 Å². The summed E-state index contributed by atoms with van der Waals surface area (Å²) in [6.45, 7) is 4.13. The average molecular weight is 281 g/mol. The molecular formula is C18H23N3. The van der Waals surface area contributed by atoms with E-state index in [9.17, 15) is 0 Å². The van der Waals surface area contributed by atoms with Crippen molar-refractivity contribution in [2.75, 3.05) is 7.05 Å². The van der Waals surface area contributed by atoms with Crippen LogP contribution in [0.2, 0.25) is 0 Å². The monoisotopic (exact) mass is 281 g/mol. The van der Waals surface area contributed by atoms with Crippen molar-refractivity contribution in [2.24, 2.45) is 0 Å². The van der Waals surface area contributed by atoms with Crippen molar-refractivity contribution < 1.29 is 0 Å². The molecule has 1 aliphatic rings. The second kappa shape index (κ2) is 5.94. The second-order valence-corrected chi connectivity index (χ2v) is 6.00. The lowest BCUT2D eigenvalue weighted by atomic mass is 9.79. The average Bonchev–Trinajstić information content (AvgIpc) is 2.47. The zero-order chi connectivity index (χ0) is 14.8. The standard InChI is InChI=1S/C18H23N3/c1-12-10-15(11-13(2)21-12)17(19-3)16-8-4-6-14-7-5-9-20-18(14)16/h5,7,9-11,16-17,19H,4,6,8H2,1-3H3. The molecule has 1 N–H and O–H groups in total. The number of nitrogens with zero attached hydrogens (tertiary/aromatic N) is 2. The van der Waals surface area contributed by atoms with Crippen LogP contribution >= 0.6 is 0 Å². The first-order valence-electron chi connectivity index (χ1n) is 7.75. The summed E-state index contributed by atoms with van der Waals surface area (Å²) in [6.07, 6.45) is 5.51. The molecule has 2 aromatic rings. The van der Waals surface area contributed by atoms with Crippen LogP contribution in [0.4, 0.5) is 0 Å². The zero-order valence-corrected chi connectivity index (χ0v) is 13.1. The van der Waals surface area contributed by atoms with Crippen molar-refractivity contribution in [1.82, 2.24) is 15.3 Å². The summed E-state index contributed by atoms with van der Waals surface area (Å²) in [4.78, 5) is 9.18. The topological polar surface area (TPSA) is 37.8 Å². The Morgan fingerprint density at radius 2 is 2.00 bits per heavy atom. The van der Waals surface area contributed by atoms with E-state index in [0.29, 0.717) is 12.0 Å². The number of rotatable bonds is 3. The van der Waals surface area contributed by atoms with Crippen LogP contribution < -0.4 is 5.32 Å². The molecule has 1 aliphatic carbocycles. The molecule has 2 atom stereocenters. The summed E-state index contributed by atoms with van der Waals surface area (Å²) in [7, 11) is 2.05. The third-order valence-corrected chi connectivity index (χ3v) is 4.41. The highest BCUT2D eigenvalue weighted by Gasteiger charge is 2.29. The third kappa shape index (κ3) is 2.84. The van der Waals surface area contributed by atoms with E-state index in [0.717, 1.165) is 17.8 Å². The maximum Gasteiger partial charge on any atom is 0.0485 e. The summed E-state index contributed by atoms with van der Waals surface area (Å²) in [6, 6.07) is 8.98. The first-order chi connectivity index (χ1) is 10.2. The molecule has 110 valence electrons. The smallest absolute Gasteiger partial charge is 0.0485 e. The molecule has 3 nitrogen and oxygen atoms in total. The van der Waals surface area contributed by atoms with Gasteiger partial charge in [-0.1, -0.05) is 6.07 Å². The predicted octanol–water partition coefficient (Wildman–Crippen LogP) is 3.47. The molecule has 2 heterocycles. The van der Waals surface area contributed by atoms with Crippen molar-refractivity contribution in [3.63, 3.8) is 0 Å². The molecule has 0 aliphatic heterocycles. The fourth-order valence-electron chi connectivity index (χ4n) is 3.62. The Morgan fingerprint density at radius 1 is 1.24 bits per heavy atom. The van der Waals surface area contributed by atoms with Crippen LogP contribution in [0.25, 0.3) is 0 Å². The van der Waals surface area contributed by atoms with Gasteiger partial charge >= 0.3 is 0 Å². The quantitative estimate of drug-likeness (QED) is 0.936. The van der Waals surface area contributed by atoms with Crippen LogP contribution in [0.3, 0.4) is 0 Å². The van der Waals surface area contributed by atoms with Crippen LogP contribution in [0.15, 0.2) is 30.5 Å². The number of pyridine rings is 2. The molecule has 0 saturated carbocycles. The van der Waals surface area contributed by atoms with E-state index in [-0.39, 0.29) is 0 Å². The number of hydrogen-bond donors (Lipinski definition) is 1. The van der Waals surface area contributed by atoms with Crippen molar-refractivity contribution in [3.8, 4) is 0 Å². The van der Waals surface area contributed by atoms with Crippen molar-refractivity contribution >= 4 is 0 Å². The normalized spacial score (nSPS) is 19.1. The maximum absolute atomic E-state index is 4.68. The molecule has 0 amide bonds. The zero-order valence-electron chi connectivity index (χ0n) is 13.1. The summed E-state index contributed by atoms with van der Waals surface area (Å²) < 4.78 is 0. The Labute approximate surface area is 126 Å². The fourth-order valence-corrected chi connectivity index (χ4v) is 3.62. The summed E-state index contributed by atoms with van der Waals surface area (Å²) >= 11 is 0. The molecule has 2 aromatic heterocycles. The van der Waals surface area contributed by atoms with E-state index >= 15 is 0 Å². The fraction of sp³-hybridized carbons (Fsp3) is 0.444. The lowest BCUT2D eigenvalue weighted by Crippen LogP contribution is -2.27. The van der Waals surface area contributed by atoms with Gasteiger partial charge in [0.15, 0.2) is 0 Å². The van der Waals surface area contributed by atoms with Gasteiger partial charge in [0.1, 0.15) is 0 Å². The predicted molar refractivity (Wildman–Crippen MR) is 85.4 cm³/mol. The van der Waals surface area contributed by atoms with E-state index in [1.165, 1.54) is 29.7 Å². The van der Waals surface area contributed by atoms with Crippen molar-refractivity contribution in [1.29, 1.82) is 0 Å². The van der Waals surface area contributed by atoms with Crippen LogP contribution in [0.5, 0.6) is 0 Å². The van der Waals surface area contributed by atoms with Gasteiger partial charge in [-0.2, -0.15) is 0 Å². The molecule has 0 bridgehead atoms. The highest BCUT2D eigenvalue weighted by Crippen LogP contribution is 2.39. The Morgan fingerprint density at radius 3 is 2.71 bits per heavy atom. The molecule has 0 fully saturated rings. The van der Waals surface area contributed by atoms with Gasteiger partial charge in [-0.15, -0.1) is 0 Å². The van der Waals surface area contributed by atoms with E-state index in [1.54, 1.807) is 0 Å². The Bertz CT molecular complexity index is 616. The van der Waals surface area contributed by atoms with Gasteiger partial charge in [0.25, 0.3) is 0 Å². The second-order valence-electron chi connectivity index (χ2n) is 6.00. The van der Waals surface area contributed by atoms with Gasteiger partial charge in [0.2, 0.25) is 0 Å². The Hall–Kier alpha value is -1.74. The molecule has 0 aromatic carbocycles. The molecule has 3 heteroatoms. The first kappa shape index (κ1) is 14.2. The Balaban J connectivity index is 2.01. The van der Waals surface area contributed by atoms with E-state index in [4.69, 9.17) is 0 Å². The van der Waals surface area contributed by atoms with Gasteiger partial charge in [0, 0.05) is 35.2 Å². The first-order valence-corrected chi connectivity index (χ1v) is 7.75. The minimum Gasteiger partial charge on any atom is -0.312 e. The molecule has 0 spiro atoms. The Kier molecular flexibility index (Phi) is 4.02. The van der Waals surface area contributed by atoms with Gasteiger partial charge in [0.05, 0.1) is 0 Å². The van der Waals surface area contributed by atoms with Crippen molar-refractivity contribution in [3.05, 3.63) is 58.7 Å². The van der Waals surface area contributed by atoms with Crippen LogP contribution in [0, 0.1) is 13.8 Å². The largest absolute Gasteiger partial charge is 0.312 e. The SMILES string of the molecule is CNC(c1cc(C)nc(C)c1)C1CCCc2cccnc21. The van der Waals surface area contributed by atoms with Crippen molar-refractivity contribution in [2.45, 2.75) is 45.1 Å². The molecule has 0 radical (unpaired) electrons. The third-order valence-electron chi connectivity index (χ3n) is 4.41. The van der Waals surface area contributed by atoms with Gasteiger partial charge < -0.3 is 5.32 Å². The minimum absolute atomic E-state index is 0.305. The number of fused-ring (bicyclic) bond motifs is 1. The van der Waals surface area contributed by atoms with E-state index in [2.05, 4.69) is 53.4 Å². The van der Waals surface area contributed by atoms with Gasteiger partial charge in [-0.3, -0.25) is 9.97 Å². The summed E-state index contributed by atoms with van der Waals surface area (Å²) in [5, 5.41) is 3.52. The van der Waals surface area contributed by atoms with Crippen LogP contribution in [-0.4, -0.2) is 17.0 Å². The molecule has 2 unspecified atom stereocenters. The summed E-state index contributed by atoms with van der Waals surface area (Å²) in [5.41, 5.74) is 6.18. The maximum atomic E-state index is 4.68. The number of hydrogen-bond acceptors (Lipinski definition) is 3. The van der Waals surface area contributed by atoms with Gasteiger partial charge in [-0.25, -0.2) is 0 Å². The molecule has 3 rings (SSSR count). The van der Waals surface area contributed by atoms with Crippen LogP contribution in [0.1, 0.15) is 53.0 Å². The molecular weight excluding hydrogens is 258 g/mol. The van der Waals surface area contributed by atoms with Gasteiger partial charge in [-0.05, 0) is 69.5 Å². The molecule has 0 saturated heterocycles. The number of likely N-dealkylation sites (N-methyl/N-ethyl adjacent to an activating group) is 1. The lowest BCUT2D eigenvalue weighted by Gasteiger charge is -2.31. The minimum atomic E-state index is 0.305. The molecule has 21 heavy (non-hydrogen) atoms. The van der Waals surface area contributed by atoms with E-state index < -0.39 is 0 Å². The highest BCUT2D eigenvalue weighted by atomic mass is 14.9. The number of aromatic nitrogens is 2. The lowest BCUT2D eigenvalue weighted by molar-refractivity contribution is 0.415. The highest BCUT2D eigenvalue weighted by molar-refractivity contribution is 5.32. The van der Waals surface area contributed by atoms with Crippen LogP contribution in [-0.2, 0) is 6.42 Å². The number of nitrogens with one attached hydrogen (secondary N) is 1. The summed E-state index contributed by atoms with van der Waals surface area (Å²) in [5.74, 6) is 0.446. The number of aryl methyl sites for hydroxylation is 3.